The summed E-state index contributed by atoms with van der Waals surface area (Å²) < 4.78 is 6.39. The van der Waals surface area contributed by atoms with Crippen LogP contribution in [0.4, 0.5) is 4.79 Å². The van der Waals surface area contributed by atoms with E-state index in [4.69, 9.17) is 27.9 Å². The number of thiazole rings is 1. The van der Waals surface area contributed by atoms with Gasteiger partial charge in [0.15, 0.2) is 0 Å². The lowest BCUT2D eigenvalue weighted by atomic mass is 9.91. The first-order valence-corrected chi connectivity index (χ1v) is 18.0. The number of aromatic nitrogens is 1. The number of H-pyrrole nitrogens is 1. The van der Waals surface area contributed by atoms with Gasteiger partial charge >= 0.3 is 11.0 Å². The summed E-state index contributed by atoms with van der Waals surface area (Å²) >= 11 is 13.1. The summed E-state index contributed by atoms with van der Waals surface area (Å²) in [6.45, 7) is 8.04. The number of amides is 2. The van der Waals surface area contributed by atoms with Crippen LogP contribution in [0.25, 0.3) is 10.2 Å². The number of nitrogens with one attached hydrogen (secondary N) is 1. The molecule has 1 aromatic heterocycles. The minimum absolute atomic E-state index is 0.0358. The van der Waals surface area contributed by atoms with Gasteiger partial charge in [-0.1, -0.05) is 90.9 Å². The number of phenols is 1. The summed E-state index contributed by atoms with van der Waals surface area (Å²) in [6, 6.07) is 18.5. The van der Waals surface area contributed by atoms with Crippen LogP contribution in [0.5, 0.6) is 5.75 Å². The highest BCUT2D eigenvalue weighted by molar-refractivity contribution is 7.16. The van der Waals surface area contributed by atoms with E-state index in [-0.39, 0.29) is 55.1 Å². The maximum Gasteiger partial charge on any atom is 0.407 e. The molecule has 10 nitrogen and oxygen atoms in total. The van der Waals surface area contributed by atoms with E-state index < -0.39 is 6.09 Å². The van der Waals surface area contributed by atoms with Crippen molar-refractivity contribution in [3.8, 4) is 5.75 Å². The molecule has 1 unspecified atom stereocenters. The summed E-state index contributed by atoms with van der Waals surface area (Å²) in [4.78, 5) is 46.1. The van der Waals surface area contributed by atoms with Crippen molar-refractivity contribution in [2.45, 2.75) is 39.0 Å². The number of likely N-dealkylation sites (N-methyl/N-ethyl adjacent to an activating group) is 1. The first kappa shape index (κ1) is 38.2. The van der Waals surface area contributed by atoms with Crippen LogP contribution in [0.3, 0.4) is 0 Å². The standard InChI is InChI=1S/C36H44Cl2N4O6S/c1-3-40(4-2)16-17-41(32(44)15-21-48-20-14-26-10-12-29(37)30(38)23-26)18-19-42(36(46)47)24-27(22-25-8-6-5-7-9-25)28-11-13-31(43)33-34(28)49-35(45)39-33/h5-13,23,27,43H,3-4,14-22,24H2,1-2H3,(H,39,45)(H,46,47). The molecule has 0 spiro atoms. The van der Waals surface area contributed by atoms with Crippen LogP contribution < -0.4 is 4.87 Å². The molecule has 0 aliphatic rings. The van der Waals surface area contributed by atoms with E-state index >= 15 is 0 Å². The molecule has 0 radical (unpaired) electrons. The molecule has 264 valence electrons. The Bertz CT molecular complexity index is 1730. The third-order valence-electron chi connectivity index (χ3n) is 8.62. The van der Waals surface area contributed by atoms with E-state index in [0.29, 0.717) is 52.8 Å². The second-order valence-corrected chi connectivity index (χ2v) is 13.6. The largest absolute Gasteiger partial charge is 0.506 e. The van der Waals surface area contributed by atoms with Gasteiger partial charge in [-0.05, 0) is 60.8 Å². The minimum atomic E-state index is -1.10. The average molecular weight is 732 g/mol. The molecule has 1 atom stereocenters. The quantitative estimate of drug-likeness (QED) is 0.0914. The van der Waals surface area contributed by atoms with Crippen molar-refractivity contribution in [1.82, 2.24) is 19.7 Å². The molecule has 0 bridgehead atoms. The summed E-state index contributed by atoms with van der Waals surface area (Å²) in [5.41, 5.74) is 3.12. The molecule has 0 saturated carbocycles. The molecule has 0 aliphatic heterocycles. The molecule has 0 aliphatic carbocycles. The number of aromatic amines is 1. The molecule has 1 heterocycles. The van der Waals surface area contributed by atoms with Crippen molar-refractivity contribution >= 4 is 56.8 Å². The molecular formula is C36H44Cl2N4O6S. The van der Waals surface area contributed by atoms with Crippen molar-refractivity contribution in [2.24, 2.45) is 0 Å². The molecule has 49 heavy (non-hydrogen) atoms. The number of nitrogens with zero attached hydrogens (tertiary/aromatic N) is 3. The number of fused-ring (bicyclic) bond motifs is 1. The predicted octanol–water partition coefficient (Wildman–Crippen LogP) is 6.73. The van der Waals surface area contributed by atoms with Crippen LogP contribution in [-0.4, -0.2) is 101 Å². The molecule has 2 amide bonds. The van der Waals surface area contributed by atoms with Crippen molar-refractivity contribution in [1.29, 1.82) is 0 Å². The maximum atomic E-state index is 13.5. The highest BCUT2D eigenvalue weighted by atomic mass is 35.5. The van der Waals surface area contributed by atoms with Gasteiger partial charge in [0.05, 0.1) is 34.4 Å². The Labute approximate surface area is 300 Å². The third kappa shape index (κ3) is 11.2. The van der Waals surface area contributed by atoms with E-state index in [0.717, 1.165) is 41.1 Å². The fourth-order valence-corrected chi connectivity index (χ4v) is 7.04. The van der Waals surface area contributed by atoms with Crippen LogP contribution in [0, 0.1) is 0 Å². The first-order chi connectivity index (χ1) is 23.6. The Kier molecular flexibility index (Phi) is 14.8. The fourth-order valence-electron chi connectivity index (χ4n) is 5.77. The Morgan fingerprint density at radius 2 is 1.61 bits per heavy atom. The van der Waals surface area contributed by atoms with Crippen molar-refractivity contribution in [3.63, 3.8) is 0 Å². The van der Waals surface area contributed by atoms with Crippen molar-refractivity contribution < 1.29 is 24.5 Å². The fraction of sp³-hybridized carbons (Fsp3) is 0.417. The molecule has 0 saturated heterocycles. The summed E-state index contributed by atoms with van der Waals surface area (Å²) in [6.07, 6.45) is 0.209. The number of carboxylic acid groups (broad SMARTS) is 1. The lowest BCUT2D eigenvalue weighted by Crippen LogP contribution is -2.45. The Hall–Kier alpha value is -3.61. The smallest absolute Gasteiger partial charge is 0.407 e. The van der Waals surface area contributed by atoms with Gasteiger partial charge in [0.25, 0.3) is 0 Å². The zero-order chi connectivity index (χ0) is 35.3. The summed E-state index contributed by atoms with van der Waals surface area (Å²) in [5.74, 6) is -0.464. The van der Waals surface area contributed by atoms with E-state index in [1.165, 1.54) is 11.0 Å². The Balaban J connectivity index is 1.45. The van der Waals surface area contributed by atoms with E-state index in [9.17, 15) is 24.6 Å². The van der Waals surface area contributed by atoms with Gasteiger partial charge in [0.2, 0.25) is 5.91 Å². The lowest BCUT2D eigenvalue weighted by molar-refractivity contribution is -0.132. The molecular weight excluding hydrogens is 687 g/mol. The zero-order valence-corrected chi connectivity index (χ0v) is 30.2. The van der Waals surface area contributed by atoms with Gasteiger partial charge in [-0.3, -0.25) is 9.59 Å². The normalized spacial score (nSPS) is 12.0. The minimum Gasteiger partial charge on any atom is -0.506 e. The number of benzene rings is 3. The average Bonchev–Trinajstić information content (AvgIpc) is 3.49. The number of aromatic hydroxyl groups is 1. The van der Waals surface area contributed by atoms with E-state index in [1.807, 2.05) is 36.4 Å². The maximum absolute atomic E-state index is 13.5. The molecule has 3 aromatic carbocycles. The SMILES string of the molecule is CCN(CC)CCN(CCN(CC(Cc1ccccc1)c1ccc(O)c2[nH]c(=O)sc12)C(=O)O)C(=O)CCOCCc1ccc(Cl)c(Cl)c1. The number of halogens is 2. The number of ether oxygens (including phenoxy) is 1. The molecule has 0 fully saturated rings. The van der Waals surface area contributed by atoms with Crippen LogP contribution in [0.1, 0.15) is 42.9 Å². The van der Waals surface area contributed by atoms with Crippen LogP contribution >= 0.6 is 34.5 Å². The van der Waals surface area contributed by atoms with Gasteiger partial charge in [-0.15, -0.1) is 0 Å². The van der Waals surface area contributed by atoms with Crippen molar-refractivity contribution in [3.05, 3.63) is 97.1 Å². The number of carbonyl (C=O) groups excluding carboxylic acids is 1. The van der Waals surface area contributed by atoms with Crippen LogP contribution in [-0.2, 0) is 22.4 Å². The van der Waals surface area contributed by atoms with Gasteiger partial charge in [0.1, 0.15) is 11.3 Å². The monoisotopic (exact) mass is 730 g/mol. The van der Waals surface area contributed by atoms with Gasteiger partial charge in [-0.25, -0.2) is 4.79 Å². The van der Waals surface area contributed by atoms with E-state index in [2.05, 4.69) is 23.7 Å². The highest BCUT2D eigenvalue weighted by Gasteiger charge is 2.25. The molecule has 3 N–H and O–H groups in total. The van der Waals surface area contributed by atoms with Gasteiger partial charge in [-0.2, -0.15) is 0 Å². The summed E-state index contributed by atoms with van der Waals surface area (Å²) in [5, 5.41) is 21.7. The second-order valence-electron chi connectivity index (χ2n) is 11.8. The Morgan fingerprint density at radius 3 is 2.31 bits per heavy atom. The lowest BCUT2D eigenvalue weighted by Gasteiger charge is -2.31. The second kappa shape index (κ2) is 19.0. The topological polar surface area (TPSA) is 126 Å². The zero-order valence-electron chi connectivity index (χ0n) is 27.9. The number of phenolic OH excluding ortho intramolecular Hbond substituents is 1. The Morgan fingerprint density at radius 1 is 0.898 bits per heavy atom. The summed E-state index contributed by atoms with van der Waals surface area (Å²) in [7, 11) is 0. The third-order valence-corrected chi connectivity index (χ3v) is 10.3. The van der Waals surface area contributed by atoms with Crippen LogP contribution in [0.15, 0.2) is 65.5 Å². The number of hydrogen-bond donors (Lipinski definition) is 3. The van der Waals surface area contributed by atoms with E-state index in [1.54, 1.807) is 23.1 Å². The van der Waals surface area contributed by atoms with Crippen LogP contribution in [0.2, 0.25) is 10.0 Å². The molecule has 4 aromatic rings. The highest BCUT2D eigenvalue weighted by Crippen LogP contribution is 2.34. The molecule has 13 heteroatoms. The first-order valence-electron chi connectivity index (χ1n) is 16.5. The molecule has 4 rings (SSSR count). The number of carbonyl (C=O) groups is 2. The van der Waals surface area contributed by atoms with Gasteiger partial charge < -0.3 is 34.6 Å². The predicted molar refractivity (Wildman–Crippen MR) is 197 cm³/mol. The van der Waals surface area contributed by atoms with Crippen molar-refractivity contribution in [2.75, 3.05) is 59.0 Å². The number of rotatable bonds is 19. The van der Waals surface area contributed by atoms with Gasteiger partial charge in [0, 0.05) is 38.6 Å². The number of hydrogen-bond acceptors (Lipinski definition) is 7.